The van der Waals surface area contributed by atoms with Gasteiger partial charge in [0.25, 0.3) is 0 Å². The van der Waals surface area contributed by atoms with Gasteiger partial charge in [-0.1, -0.05) is 30.7 Å². The van der Waals surface area contributed by atoms with Crippen LogP contribution in [0.2, 0.25) is 5.02 Å². The summed E-state index contributed by atoms with van der Waals surface area (Å²) in [5.74, 6) is 1.04. The first-order valence-electron chi connectivity index (χ1n) is 5.86. The number of rotatable bonds is 3. The number of hydrogen-bond donors (Lipinski definition) is 2. The van der Waals surface area contributed by atoms with Gasteiger partial charge in [-0.05, 0) is 31.2 Å². The van der Waals surface area contributed by atoms with Crippen molar-refractivity contribution in [1.82, 2.24) is 5.32 Å². The van der Waals surface area contributed by atoms with Gasteiger partial charge in [0, 0.05) is 18.2 Å². The van der Waals surface area contributed by atoms with Crippen molar-refractivity contribution in [1.29, 1.82) is 0 Å². The summed E-state index contributed by atoms with van der Waals surface area (Å²) in [5, 5.41) is 13.7. The van der Waals surface area contributed by atoms with Gasteiger partial charge in [0.15, 0.2) is 0 Å². The van der Waals surface area contributed by atoms with Gasteiger partial charge in [-0.25, -0.2) is 0 Å². The zero-order valence-corrected chi connectivity index (χ0v) is 10.3. The fourth-order valence-electron chi connectivity index (χ4n) is 2.35. The summed E-state index contributed by atoms with van der Waals surface area (Å²) in [7, 11) is 0. The molecule has 2 rings (SSSR count). The number of phenolic OH excluding ortho intramolecular Hbond substituents is 1. The van der Waals surface area contributed by atoms with E-state index in [0.717, 1.165) is 11.5 Å². The maximum Gasteiger partial charge on any atom is 0.138 e. The van der Waals surface area contributed by atoms with Crippen molar-refractivity contribution < 1.29 is 5.11 Å². The lowest BCUT2D eigenvalue weighted by atomic mass is 10.1. The van der Waals surface area contributed by atoms with Crippen LogP contribution in [0.3, 0.4) is 0 Å². The molecule has 3 heteroatoms. The highest BCUT2D eigenvalue weighted by molar-refractivity contribution is 6.32. The molecule has 1 saturated carbocycles. The highest BCUT2D eigenvalue weighted by Crippen LogP contribution is 2.28. The summed E-state index contributed by atoms with van der Waals surface area (Å²) in [6.07, 6.45) is 3.78. The molecule has 2 atom stereocenters. The number of hydrogen-bond acceptors (Lipinski definition) is 2. The molecule has 1 aromatic carbocycles. The standard InChI is InChI=1S/C13H18ClNO/c1-9-5-6-11(7-9)15-8-10-3-2-4-12(14)13(10)16/h2-4,9,11,15-16H,5-8H2,1H3. The Bertz CT molecular complexity index is 367. The van der Waals surface area contributed by atoms with Gasteiger partial charge in [0.2, 0.25) is 0 Å². The molecule has 0 aromatic heterocycles. The normalized spacial score (nSPS) is 24.9. The molecule has 0 radical (unpaired) electrons. The Kier molecular flexibility index (Phi) is 3.72. The molecule has 2 unspecified atom stereocenters. The number of phenols is 1. The summed E-state index contributed by atoms with van der Waals surface area (Å²) in [5.41, 5.74) is 0.882. The Labute approximate surface area is 102 Å². The molecule has 1 aliphatic rings. The molecular weight excluding hydrogens is 222 g/mol. The maximum atomic E-state index is 9.75. The molecular formula is C13H18ClNO. The Hall–Kier alpha value is -0.730. The van der Waals surface area contributed by atoms with E-state index in [1.54, 1.807) is 6.07 Å². The van der Waals surface area contributed by atoms with E-state index in [0.29, 0.717) is 17.6 Å². The van der Waals surface area contributed by atoms with Crippen molar-refractivity contribution in [3.63, 3.8) is 0 Å². The summed E-state index contributed by atoms with van der Waals surface area (Å²) < 4.78 is 0. The quantitative estimate of drug-likeness (QED) is 0.848. The highest BCUT2D eigenvalue weighted by atomic mass is 35.5. The number of halogens is 1. The van der Waals surface area contributed by atoms with Crippen LogP contribution in [0.4, 0.5) is 0 Å². The fourth-order valence-corrected chi connectivity index (χ4v) is 2.54. The van der Waals surface area contributed by atoms with Crippen LogP contribution in [0, 0.1) is 5.92 Å². The van der Waals surface area contributed by atoms with Crippen molar-refractivity contribution in [2.75, 3.05) is 0 Å². The van der Waals surface area contributed by atoms with Crippen molar-refractivity contribution in [2.24, 2.45) is 5.92 Å². The van der Waals surface area contributed by atoms with Crippen LogP contribution in [-0.2, 0) is 6.54 Å². The van der Waals surface area contributed by atoms with Gasteiger partial charge in [-0.15, -0.1) is 0 Å². The van der Waals surface area contributed by atoms with Crippen LogP contribution in [0.1, 0.15) is 31.7 Å². The van der Waals surface area contributed by atoms with Crippen molar-refractivity contribution in [3.05, 3.63) is 28.8 Å². The lowest BCUT2D eigenvalue weighted by Crippen LogP contribution is -2.25. The lowest BCUT2D eigenvalue weighted by Gasteiger charge is -2.13. The Balaban J connectivity index is 1.92. The van der Waals surface area contributed by atoms with E-state index in [-0.39, 0.29) is 5.75 Å². The largest absolute Gasteiger partial charge is 0.506 e. The van der Waals surface area contributed by atoms with E-state index in [2.05, 4.69) is 12.2 Å². The average molecular weight is 240 g/mol. The first-order chi connectivity index (χ1) is 7.66. The summed E-state index contributed by atoms with van der Waals surface area (Å²) >= 11 is 5.85. The van der Waals surface area contributed by atoms with Crippen molar-refractivity contribution in [3.8, 4) is 5.75 Å². The predicted molar refractivity (Wildman–Crippen MR) is 66.8 cm³/mol. The number of nitrogens with one attached hydrogen (secondary N) is 1. The zero-order chi connectivity index (χ0) is 11.5. The highest BCUT2D eigenvalue weighted by Gasteiger charge is 2.20. The third kappa shape index (κ3) is 2.69. The van der Waals surface area contributed by atoms with Gasteiger partial charge in [-0.3, -0.25) is 0 Å². The molecule has 0 amide bonds. The van der Waals surface area contributed by atoms with E-state index in [9.17, 15) is 5.11 Å². The van der Waals surface area contributed by atoms with Crippen LogP contribution < -0.4 is 5.32 Å². The molecule has 0 bridgehead atoms. The fraction of sp³-hybridized carbons (Fsp3) is 0.538. The van der Waals surface area contributed by atoms with E-state index in [1.807, 2.05) is 12.1 Å². The van der Waals surface area contributed by atoms with Crippen LogP contribution in [-0.4, -0.2) is 11.1 Å². The molecule has 2 nitrogen and oxygen atoms in total. The molecule has 0 aliphatic heterocycles. The number of aromatic hydroxyl groups is 1. The smallest absolute Gasteiger partial charge is 0.138 e. The zero-order valence-electron chi connectivity index (χ0n) is 9.54. The molecule has 1 fully saturated rings. The van der Waals surface area contributed by atoms with Gasteiger partial charge in [0.1, 0.15) is 5.75 Å². The molecule has 16 heavy (non-hydrogen) atoms. The maximum absolute atomic E-state index is 9.75. The molecule has 0 saturated heterocycles. The summed E-state index contributed by atoms with van der Waals surface area (Å²) in [6, 6.07) is 6.08. The van der Waals surface area contributed by atoms with E-state index < -0.39 is 0 Å². The van der Waals surface area contributed by atoms with E-state index in [1.165, 1.54) is 19.3 Å². The first-order valence-corrected chi connectivity index (χ1v) is 6.24. The number of benzene rings is 1. The van der Waals surface area contributed by atoms with Crippen LogP contribution in [0.5, 0.6) is 5.75 Å². The van der Waals surface area contributed by atoms with E-state index in [4.69, 9.17) is 11.6 Å². The Morgan fingerprint density at radius 1 is 1.44 bits per heavy atom. The minimum absolute atomic E-state index is 0.211. The Morgan fingerprint density at radius 3 is 2.94 bits per heavy atom. The average Bonchev–Trinajstić information content (AvgIpc) is 2.67. The third-order valence-corrected chi connectivity index (χ3v) is 3.65. The molecule has 88 valence electrons. The number of para-hydroxylation sites is 1. The molecule has 0 heterocycles. The SMILES string of the molecule is CC1CCC(NCc2cccc(Cl)c2O)C1. The van der Waals surface area contributed by atoms with Gasteiger partial charge < -0.3 is 10.4 Å². The van der Waals surface area contributed by atoms with Gasteiger partial charge in [0.05, 0.1) is 5.02 Å². The van der Waals surface area contributed by atoms with E-state index >= 15 is 0 Å². The molecule has 1 aromatic rings. The summed E-state index contributed by atoms with van der Waals surface area (Å²) in [4.78, 5) is 0. The van der Waals surface area contributed by atoms with Crippen molar-refractivity contribution >= 4 is 11.6 Å². The monoisotopic (exact) mass is 239 g/mol. The topological polar surface area (TPSA) is 32.3 Å². The molecule has 2 N–H and O–H groups in total. The van der Waals surface area contributed by atoms with Crippen molar-refractivity contribution in [2.45, 2.75) is 38.8 Å². The second-order valence-corrected chi connectivity index (χ2v) is 5.15. The van der Waals surface area contributed by atoms with Crippen LogP contribution >= 0.6 is 11.6 Å². The summed E-state index contributed by atoms with van der Waals surface area (Å²) in [6.45, 7) is 2.99. The molecule has 0 spiro atoms. The van der Waals surface area contributed by atoms with Crippen LogP contribution in [0.25, 0.3) is 0 Å². The third-order valence-electron chi connectivity index (χ3n) is 3.35. The molecule has 1 aliphatic carbocycles. The minimum atomic E-state index is 0.211. The Morgan fingerprint density at radius 2 is 2.25 bits per heavy atom. The second kappa shape index (κ2) is 5.07. The lowest BCUT2D eigenvalue weighted by molar-refractivity contribution is 0.453. The first kappa shape index (κ1) is 11.7. The second-order valence-electron chi connectivity index (χ2n) is 4.74. The van der Waals surface area contributed by atoms with Gasteiger partial charge >= 0.3 is 0 Å². The minimum Gasteiger partial charge on any atom is -0.506 e. The van der Waals surface area contributed by atoms with Gasteiger partial charge in [-0.2, -0.15) is 0 Å². The van der Waals surface area contributed by atoms with Crippen LogP contribution in [0.15, 0.2) is 18.2 Å². The predicted octanol–water partition coefficient (Wildman–Crippen LogP) is 3.32.